The van der Waals surface area contributed by atoms with Crippen LogP contribution in [0.3, 0.4) is 0 Å². The second kappa shape index (κ2) is 24.6. The molecule has 0 amide bonds. The first-order chi connectivity index (χ1) is 41.7. The van der Waals surface area contributed by atoms with Gasteiger partial charge in [-0.05, 0) is 228 Å². The summed E-state index contributed by atoms with van der Waals surface area (Å²) in [5.74, 6) is 3.62. The van der Waals surface area contributed by atoms with Gasteiger partial charge in [-0.15, -0.1) is 0 Å². The fourth-order valence-electron chi connectivity index (χ4n) is 13.1. The minimum Gasteiger partial charge on any atom is -0.497 e. The van der Waals surface area contributed by atoms with Crippen LogP contribution in [0.1, 0.15) is 81.3 Å². The van der Waals surface area contributed by atoms with E-state index in [0.29, 0.717) is 13.2 Å². The van der Waals surface area contributed by atoms with Crippen molar-refractivity contribution in [3.05, 3.63) is 262 Å². The third-order valence-corrected chi connectivity index (χ3v) is 24.0. The lowest BCUT2D eigenvalue weighted by Crippen LogP contribution is -2.32. The molecular weight excluding hydrogens is 1090 g/mol. The van der Waals surface area contributed by atoms with E-state index in [1.54, 1.807) is 14.2 Å². The third kappa shape index (κ3) is 11.0. The molecule has 0 fully saturated rings. The molecule has 0 saturated carbocycles. The lowest BCUT2D eigenvalue weighted by atomic mass is 9.92. The third-order valence-electron chi connectivity index (χ3n) is 17.6. The molecule has 0 N–H and O–H groups in total. The van der Waals surface area contributed by atoms with Crippen LogP contribution < -0.4 is 50.8 Å². The molecule has 4 nitrogen and oxygen atoms in total. The molecule has 0 aliphatic rings. The van der Waals surface area contributed by atoms with Gasteiger partial charge in [-0.25, -0.2) is 0 Å². The average Bonchev–Trinajstić information content (AvgIpc) is 0.831. The summed E-state index contributed by atoms with van der Waals surface area (Å²) in [6.45, 7) is 24.0. The molecule has 12 rings (SSSR count). The smallest absolute Gasteiger partial charge is 0.128 e. The van der Waals surface area contributed by atoms with Crippen LogP contribution in [-0.4, -0.2) is 27.4 Å². The number of ether oxygens (including phenoxy) is 4. The zero-order chi connectivity index (χ0) is 59.9. The molecule has 430 valence electrons. The predicted molar refractivity (Wildman–Crippen MR) is 371 cm³/mol. The molecule has 2 atom stereocenters. The molecule has 0 aliphatic heterocycles. The number of hydrogen-bond acceptors (Lipinski definition) is 4. The van der Waals surface area contributed by atoms with E-state index < -0.39 is 15.8 Å². The van der Waals surface area contributed by atoms with Gasteiger partial charge in [-0.2, -0.15) is 0 Å². The Morgan fingerprint density at radius 2 is 0.605 bits per heavy atom. The van der Waals surface area contributed by atoms with Crippen LogP contribution in [0.2, 0.25) is 0 Å². The van der Waals surface area contributed by atoms with Crippen molar-refractivity contribution in [2.75, 3.05) is 27.4 Å². The van der Waals surface area contributed by atoms with Crippen LogP contribution in [0, 0.1) is 55.4 Å². The van der Waals surface area contributed by atoms with Crippen molar-refractivity contribution in [2.24, 2.45) is 0 Å². The summed E-state index contributed by atoms with van der Waals surface area (Å²) in [5.41, 5.74) is 15.0. The van der Waals surface area contributed by atoms with Gasteiger partial charge in [0.05, 0.1) is 27.4 Å². The molecule has 6 heteroatoms. The number of methoxy groups -OCH3 is 2. The topological polar surface area (TPSA) is 36.9 Å². The van der Waals surface area contributed by atoms with Gasteiger partial charge in [-0.1, -0.05) is 184 Å². The SMILES string of the molecule is COc1ccc2cc([C@H](C)COc3cc4ccccc4c(-c4c(P(c5c(C)cccc5C)c5c(C)cccc5C)c(OC[C@@H](C)c5ccc6cc(OC)ccc6c5)cc5ccccc45)c3P(c3c(C)cccc3C)c3c(C)cccc3C)ccc2c1. The summed E-state index contributed by atoms with van der Waals surface area (Å²) in [4.78, 5) is 0. The minimum atomic E-state index is -1.36. The molecule has 0 spiro atoms. The second-order valence-corrected chi connectivity index (χ2v) is 27.7. The van der Waals surface area contributed by atoms with Crippen LogP contribution in [0.25, 0.3) is 54.2 Å². The van der Waals surface area contributed by atoms with E-state index in [-0.39, 0.29) is 11.8 Å². The van der Waals surface area contributed by atoms with E-state index in [4.69, 9.17) is 18.9 Å². The second-order valence-electron chi connectivity index (χ2n) is 23.6. The Bertz CT molecular complexity index is 4090. The molecule has 12 aromatic rings. The highest BCUT2D eigenvalue weighted by Gasteiger charge is 2.37. The maximum atomic E-state index is 7.78. The largest absolute Gasteiger partial charge is 0.497 e. The highest BCUT2D eigenvalue weighted by Crippen LogP contribution is 2.52. The lowest BCUT2D eigenvalue weighted by molar-refractivity contribution is 0.298. The zero-order valence-corrected chi connectivity index (χ0v) is 53.5. The first-order valence-corrected chi connectivity index (χ1v) is 32.8. The summed E-state index contributed by atoms with van der Waals surface area (Å²) in [6.07, 6.45) is 0. The molecule has 86 heavy (non-hydrogen) atoms. The molecule has 0 radical (unpaired) electrons. The normalized spacial score (nSPS) is 12.4. The van der Waals surface area contributed by atoms with Crippen molar-refractivity contribution in [1.82, 2.24) is 0 Å². The van der Waals surface area contributed by atoms with E-state index in [1.807, 2.05) is 12.1 Å². The summed E-state index contributed by atoms with van der Waals surface area (Å²) in [7, 11) is 0.741. The molecule has 12 aromatic carbocycles. The van der Waals surface area contributed by atoms with Crippen LogP contribution in [-0.2, 0) is 0 Å². The Morgan fingerprint density at radius 3 is 0.930 bits per heavy atom. The number of hydrogen-bond donors (Lipinski definition) is 0. The molecule has 0 heterocycles. The lowest BCUT2D eigenvalue weighted by Gasteiger charge is -2.34. The van der Waals surface area contributed by atoms with E-state index in [1.165, 1.54) is 120 Å². The van der Waals surface area contributed by atoms with Gasteiger partial charge in [0.1, 0.15) is 23.0 Å². The molecule has 0 aliphatic carbocycles. The maximum Gasteiger partial charge on any atom is 0.128 e. The van der Waals surface area contributed by atoms with Gasteiger partial charge in [0, 0.05) is 33.6 Å². The van der Waals surface area contributed by atoms with Crippen molar-refractivity contribution in [3.8, 4) is 34.1 Å². The van der Waals surface area contributed by atoms with Crippen molar-refractivity contribution >= 4 is 90.8 Å². The van der Waals surface area contributed by atoms with Crippen molar-refractivity contribution in [1.29, 1.82) is 0 Å². The minimum absolute atomic E-state index is 0.0531. The van der Waals surface area contributed by atoms with Gasteiger partial charge in [0.25, 0.3) is 0 Å². The summed E-state index contributed by atoms with van der Waals surface area (Å²) < 4.78 is 26.8. The van der Waals surface area contributed by atoms with Crippen LogP contribution in [0.4, 0.5) is 0 Å². The highest BCUT2D eigenvalue weighted by atomic mass is 31.1. The van der Waals surface area contributed by atoms with Crippen LogP contribution >= 0.6 is 15.8 Å². The Kier molecular flexibility index (Phi) is 16.6. The highest BCUT2D eigenvalue weighted by molar-refractivity contribution is 7.81. The first-order valence-electron chi connectivity index (χ1n) is 30.1. The van der Waals surface area contributed by atoms with Crippen LogP contribution in [0.5, 0.6) is 23.0 Å². The van der Waals surface area contributed by atoms with Crippen molar-refractivity contribution < 1.29 is 18.9 Å². The molecular formula is C80H76O4P2. The van der Waals surface area contributed by atoms with Crippen LogP contribution in [0.15, 0.2) is 206 Å². The van der Waals surface area contributed by atoms with Gasteiger partial charge in [-0.3, -0.25) is 0 Å². The number of aryl methyl sites for hydroxylation is 8. The summed E-state index contributed by atoms with van der Waals surface area (Å²) in [5, 5.41) is 17.1. The molecule has 0 saturated heterocycles. The zero-order valence-electron chi connectivity index (χ0n) is 51.7. The van der Waals surface area contributed by atoms with Crippen molar-refractivity contribution in [3.63, 3.8) is 0 Å². The van der Waals surface area contributed by atoms with Gasteiger partial charge in [0.2, 0.25) is 0 Å². The fraction of sp³-hybridized carbons (Fsp3) is 0.200. The first kappa shape index (κ1) is 58.1. The van der Waals surface area contributed by atoms with E-state index in [9.17, 15) is 0 Å². The molecule has 0 aromatic heterocycles. The monoisotopic (exact) mass is 1160 g/mol. The summed E-state index contributed by atoms with van der Waals surface area (Å²) in [6, 6.07) is 76.5. The van der Waals surface area contributed by atoms with Gasteiger partial charge in [0.15, 0.2) is 0 Å². The standard InChI is InChI=1S/C80H76O4P2/c1-49-21-17-22-50(2)75(49)85(76-51(3)23-18-24-52(76)4)79-71(83-47-57(9)59-33-35-63-43-67(81-11)39-37-61(63)41-59)45-65-29-13-15-31-69(65)73(79)74-70-32-16-14-30-66(70)46-72(84-48-58(10)60-34-36-64-44-68(82-12)40-38-62(64)42-60)80(74)86(77-53(5)25-19-26-54(77)6)78-55(7)27-20-28-56(78)8/h13-46,57-58H,47-48H2,1-12H3/t57-,58-/m1/s1. The maximum absolute atomic E-state index is 7.78. The molecule has 0 bridgehead atoms. The Balaban J connectivity index is 1.21. The van der Waals surface area contributed by atoms with E-state index in [0.717, 1.165) is 44.5 Å². The molecule has 0 unspecified atom stereocenters. The Morgan fingerprint density at radius 1 is 0.302 bits per heavy atom. The average molecular weight is 1160 g/mol. The van der Waals surface area contributed by atoms with E-state index in [2.05, 4.69) is 263 Å². The summed E-state index contributed by atoms with van der Waals surface area (Å²) >= 11 is 0. The Hall–Kier alpha value is -8.26. The quantitative estimate of drug-likeness (QED) is 0.0852. The van der Waals surface area contributed by atoms with E-state index >= 15 is 0 Å². The number of benzene rings is 12. The predicted octanol–water partition coefficient (Wildman–Crippen LogP) is 18.3. The number of rotatable bonds is 17. The fourth-order valence-corrected chi connectivity index (χ4v) is 19.4. The number of fused-ring (bicyclic) bond motifs is 4. The van der Waals surface area contributed by atoms with Gasteiger partial charge < -0.3 is 18.9 Å². The Labute approximate surface area is 511 Å². The van der Waals surface area contributed by atoms with Crippen molar-refractivity contribution in [2.45, 2.75) is 81.1 Å². The van der Waals surface area contributed by atoms with Gasteiger partial charge >= 0.3 is 0 Å².